The van der Waals surface area contributed by atoms with E-state index in [2.05, 4.69) is 0 Å². The molecule has 0 spiro atoms. The second-order valence-electron chi connectivity index (χ2n) is 3.15. The van der Waals surface area contributed by atoms with Crippen LogP contribution >= 0.6 is 12.4 Å². The molecule has 0 aliphatic heterocycles. The van der Waals surface area contributed by atoms with Gasteiger partial charge in [0.1, 0.15) is 0 Å². The largest absolute Gasteiger partial charge is 3.00 e. The van der Waals surface area contributed by atoms with E-state index in [9.17, 15) is 15.3 Å². The minimum Gasteiger partial charge on any atom is -0.852 e. The zero-order chi connectivity index (χ0) is 10.7. The van der Waals surface area contributed by atoms with Crippen LogP contribution in [0.3, 0.4) is 0 Å². The topological polar surface area (TPSA) is 69.2 Å². The van der Waals surface area contributed by atoms with Crippen molar-refractivity contribution < 1.29 is 15.3 Å². The van der Waals surface area contributed by atoms with E-state index < -0.39 is 18.3 Å². The summed E-state index contributed by atoms with van der Waals surface area (Å²) in [7, 11) is 0. The molecule has 0 saturated heterocycles. The summed E-state index contributed by atoms with van der Waals surface area (Å²) in [6.45, 7) is 9.67. The maximum absolute atomic E-state index is 9.53. The van der Waals surface area contributed by atoms with E-state index in [-0.39, 0.29) is 29.8 Å². The van der Waals surface area contributed by atoms with Crippen molar-refractivity contribution in [3.63, 3.8) is 0 Å². The normalized spacial score (nSPS) is 7.71. The molecule has 86 valence electrons. The first-order chi connectivity index (χ1) is 5.20. The van der Waals surface area contributed by atoms with Gasteiger partial charge in [0.15, 0.2) is 0 Å². The van der Waals surface area contributed by atoms with Crippen molar-refractivity contribution in [2.45, 2.75) is 59.9 Å². The van der Waals surface area contributed by atoms with Crippen LogP contribution < -0.4 is 15.3 Å². The maximum atomic E-state index is 9.53. The van der Waals surface area contributed by atoms with Gasteiger partial charge in [0, 0.05) is 0 Å². The van der Waals surface area contributed by atoms with Gasteiger partial charge in [-0.1, -0.05) is 41.5 Å². The molecule has 14 heavy (non-hydrogen) atoms. The number of halogens is 1. The molecule has 0 fully saturated rings. The summed E-state index contributed by atoms with van der Waals surface area (Å²) in [5.41, 5.74) is 0. The quantitative estimate of drug-likeness (QED) is 0.526. The molecule has 3 nitrogen and oxygen atoms in total. The number of hydrogen-bond donors (Lipinski definition) is 0. The summed E-state index contributed by atoms with van der Waals surface area (Å²) in [6.07, 6.45) is -1.25. The third kappa shape index (κ3) is 3530. The zero-order valence-electron chi connectivity index (χ0n) is 9.94. The van der Waals surface area contributed by atoms with Gasteiger partial charge >= 0.3 is 17.4 Å². The molecule has 0 bridgehead atoms. The van der Waals surface area contributed by atoms with Gasteiger partial charge in [-0.15, -0.1) is 30.7 Å². The summed E-state index contributed by atoms with van der Waals surface area (Å²) in [4.78, 5) is 0. The summed E-state index contributed by atoms with van der Waals surface area (Å²) < 4.78 is 0. The SMILES string of the molecule is CC(C)[O-].CC(C)[O-].CC(C)[O-].Cl.[Al+3]. The fourth-order valence-corrected chi connectivity index (χ4v) is 0. The van der Waals surface area contributed by atoms with Crippen molar-refractivity contribution in [1.29, 1.82) is 0 Å². The maximum Gasteiger partial charge on any atom is 3.00 e. The van der Waals surface area contributed by atoms with E-state index in [1.165, 1.54) is 0 Å². The van der Waals surface area contributed by atoms with Crippen LogP contribution in [0.25, 0.3) is 0 Å². The van der Waals surface area contributed by atoms with Crippen LogP contribution in [0.15, 0.2) is 0 Å². The van der Waals surface area contributed by atoms with E-state index in [0.29, 0.717) is 0 Å². The molecule has 0 aliphatic rings. The van der Waals surface area contributed by atoms with E-state index in [0.717, 1.165) is 0 Å². The Morgan fingerprint density at radius 3 is 0.571 bits per heavy atom. The van der Waals surface area contributed by atoms with Crippen molar-refractivity contribution in [3.8, 4) is 0 Å². The molecular weight excluding hydrogens is 219 g/mol. The third-order valence-electron chi connectivity index (χ3n) is 0. The van der Waals surface area contributed by atoms with Gasteiger partial charge in [0.2, 0.25) is 0 Å². The van der Waals surface area contributed by atoms with Crippen LogP contribution in [0.4, 0.5) is 0 Å². The Morgan fingerprint density at radius 1 is 0.571 bits per heavy atom. The second-order valence-corrected chi connectivity index (χ2v) is 3.15. The molecular formula is C9H22AlClO3. The molecule has 0 amide bonds. The van der Waals surface area contributed by atoms with Crippen LogP contribution in [0.5, 0.6) is 0 Å². The predicted octanol–water partition coefficient (Wildman–Crippen LogP) is -0.694. The number of rotatable bonds is 0. The first-order valence-electron chi connectivity index (χ1n) is 4.17. The Hall–Kier alpha value is 0.702. The van der Waals surface area contributed by atoms with Gasteiger partial charge in [-0.05, 0) is 0 Å². The average Bonchev–Trinajstić information content (AvgIpc) is 1.54. The Balaban J connectivity index is -0.0000000270. The van der Waals surface area contributed by atoms with Gasteiger partial charge in [0.05, 0.1) is 0 Å². The Kier molecular flexibility index (Phi) is 49.2. The monoisotopic (exact) mass is 240 g/mol. The summed E-state index contributed by atoms with van der Waals surface area (Å²) in [6, 6.07) is 0. The van der Waals surface area contributed by atoms with Crippen molar-refractivity contribution >= 4 is 29.8 Å². The van der Waals surface area contributed by atoms with Crippen molar-refractivity contribution in [1.82, 2.24) is 0 Å². The second kappa shape index (κ2) is 23.5. The smallest absolute Gasteiger partial charge is 0.852 e. The summed E-state index contributed by atoms with van der Waals surface area (Å²) in [5.74, 6) is 0. The molecule has 0 N–H and O–H groups in total. The standard InChI is InChI=1S/3C3H7O.Al.ClH/c3*1-3(2)4;;/h3*3H,1-2H3;;1H/q3*-1;+3;. The predicted molar refractivity (Wildman–Crippen MR) is 58.4 cm³/mol. The van der Waals surface area contributed by atoms with Crippen LogP contribution in [-0.4, -0.2) is 35.7 Å². The first-order valence-corrected chi connectivity index (χ1v) is 4.17. The van der Waals surface area contributed by atoms with Crippen molar-refractivity contribution in [2.24, 2.45) is 0 Å². The molecule has 0 radical (unpaired) electrons. The van der Waals surface area contributed by atoms with E-state index in [1.54, 1.807) is 41.5 Å². The van der Waals surface area contributed by atoms with E-state index >= 15 is 0 Å². The van der Waals surface area contributed by atoms with Gasteiger partial charge < -0.3 is 15.3 Å². The van der Waals surface area contributed by atoms with Gasteiger partial charge in [-0.25, -0.2) is 0 Å². The molecule has 0 aromatic heterocycles. The average molecular weight is 241 g/mol. The molecule has 0 aliphatic carbocycles. The molecule has 0 atom stereocenters. The van der Waals surface area contributed by atoms with Gasteiger partial charge in [-0.3, -0.25) is 0 Å². The molecule has 0 aromatic rings. The Morgan fingerprint density at radius 2 is 0.571 bits per heavy atom. The molecule has 0 saturated carbocycles. The van der Waals surface area contributed by atoms with Crippen LogP contribution in [0.1, 0.15) is 41.5 Å². The minimum absolute atomic E-state index is 0. The number of hydrogen-bond acceptors (Lipinski definition) is 3. The summed E-state index contributed by atoms with van der Waals surface area (Å²) in [5, 5.41) is 28.6. The van der Waals surface area contributed by atoms with Crippen LogP contribution in [0, 0.1) is 0 Å². The fraction of sp³-hybridized carbons (Fsp3) is 1.00. The summed E-state index contributed by atoms with van der Waals surface area (Å²) >= 11 is 0. The van der Waals surface area contributed by atoms with Crippen molar-refractivity contribution in [2.75, 3.05) is 0 Å². The fourth-order valence-electron chi connectivity index (χ4n) is 0. The van der Waals surface area contributed by atoms with E-state index in [1.807, 2.05) is 0 Å². The molecule has 5 heteroatoms. The minimum atomic E-state index is -0.417. The van der Waals surface area contributed by atoms with Crippen molar-refractivity contribution in [3.05, 3.63) is 0 Å². The third-order valence-corrected chi connectivity index (χ3v) is 0. The van der Waals surface area contributed by atoms with Crippen LogP contribution in [-0.2, 0) is 0 Å². The Bertz CT molecular complexity index is 48.5. The van der Waals surface area contributed by atoms with E-state index in [4.69, 9.17) is 0 Å². The van der Waals surface area contributed by atoms with Gasteiger partial charge in [0.25, 0.3) is 0 Å². The molecule has 0 rings (SSSR count). The molecule has 0 aromatic carbocycles. The van der Waals surface area contributed by atoms with Gasteiger partial charge in [-0.2, -0.15) is 0 Å². The van der Waals surface area contributed by atoms with Crippen LogP contribution in [0.2, 0.25) is 0 Å². The Labute approximate surface area is 105 Å². The molecule has 0 heterocycles. The first kappa shape index (κ1) is 29.3. The molecule has 0 unspecified atom stereocenters. The zero-order valence-corrected chi connectivity index (χ0v) is 11.9.